The highest BCUT2D eigenvalue weighted by atomic mass is 16.4. The molecule has 0 spiro atoms. The molecule has 0 aliphatic carbocycles. The van der Waals surface area contributed by atoms with Gasteiger partial charge in [-0.3, -0.25) is 14.5 Å². The second kappa shape index (κ2) is 7.22. The summed E-state index contributed by atoms with van der Waals surface area (Å²) in [5.41, 5.74) is 2.04. The van der Waals surface area contributed by atoms with E-state index in [1.165, 1.54) is 22.9 Å². The van der Waals surface area contributed by atoms with Crippen molar-refractivity contribution in [2.45, 2.75) is 12.8 Å². The third-order valence-corrected chi connectivity index (χ3v) is 5.02. The number of fused-ring (bicyclic) bond motifs is 1. The SMILES string of the molecule is O=C(O)c1cnc(N2CC=C(CCN3C(=O)c4ccccc4C3=O)CC2)cn1. The monoisotopic (exact) mass is 378 g/mol. The number of rotatable bonds is 5. The second-order valence-electron chi connectivity index (χ2n) is 6.68. The van der Waals surface area contributed by atoms with Crippen LogP contribution in [0.5, 0.6) is 0 Å². The number of carbonyl (C=O) groups excluding carboxylic acids is 2. The Kier molecular flexibility index (Phi) is 4.60. The maximum atomic E-state index is 12.4. The number of benzene rings is 1. The van der Waals surface area contributed by atoms with E-state index in [2.05, 4.69) is 16.0 Å². The zero-order valence-electron chi connectivity index (χ0n) is 15.0. The zero-order valence-corrected chi connectivity index (χ0v) is 15.0. The summed E-state index contributed by atoms with van der Waals surface area (Å²) in [6.07, 6.45) is 6.20. The summed E-state index contributed by atoms with van der Waals surface area (Å²) in [7, 11) is 0. The lowest BCUT2D eigenvalue weighted by atomic mass is 10.0. The van der Waals surface area contributed by atoms with E-state index in [9.17, 15) is 14.4 Å². The topological polar surface area (TPSA) is 104 Å². The number of carboxylic acid groups (broad SMARTS) is 1. The molecule has 0 radical (unpaired) electrons. The number of amides is 2. The quantitative estimate of drug-likeness (QED) is 0.627. The Labute approximate surface area is 161 Å². The first-order chi connectivity index (χ1) is 13.5. The molecule has 0 unspecified atom stereocenters. The molecule has 0 saturated heterocycles. The van der Waals surface area contributed by atoms with Gasteiger partial charge in [-0.15, -0.1) is 0 Å². The van der Waals surface area contributed by atoms with Gasteiger partial charge in [0, 0.05) is 19.6 Å². The molecule has 0 saturated carbocycles. The molecule has 4 rings (SSSR count). The van der Waals surface area contributed by atoms with Gasteiger partial charge >= 0.3 is 5.97 Å². The van der Waals surface area contributed by atoms with Crippen molar-refractivity contribution < 1.29 is 19.5 Å². The molecular formula is C20H18N4O4. The molecule has 3 heterocycles. The molecule has 0 bridgehead atoms. The van der Waals surface area contributed by atoms with Crippen LogP contribution in [0.15, 0.2) is 48.3 Å². The maximum Gasteiger partial charge on any atom is 0.356 e. The fourth-order valence-corrected chi connectivity index (χ4v) is 3.44. The number of carbonyl (C=O) groups is 3. The minimum Gasteiger partial charge on any atom is -0.476 e. The Balaban J connectivity index is 1.36. The minimum atomic E-state index is -1.10. The van der Waals surface area contributed by atoms with Crippen molar-refractivity contribution in [2.24, 2.45) is 0 Å². The summed E-state index contributed by atoms with van der Waals surface area (Å²) < 4.78 is 0. The minimum absolute atomic E-state index is 0.0852. The van der Waals surface area contributed by atoms with Crippen LogP contribution in [0.25, 0.3) is 0 Å². The molecular weight excluding hydrogens is 360 g/mol. The number of hydrogen-bond acceptors (Lipinski definition) is 6. The fourth-order valence-electron chi connectivity index (χ4n) is 3.44. The smallest absolute Gasteiger partial charge is 0.356 e. The normalized spacial score (nSPS) is 16.2. The van der Waals surface area contributed by atoms with Gasteiger partial charge in [0.2, 0.25) is 0 Å². The van der Waals surface area contributed by atoms with Crippen LogP contribution in [0.3, 0.4) is 0 Å². The van der Waals surface area contributed by atoms with Crippen LogP contribution >= 0.6 is 0 Å². The highest BCUT2D eigenvalue weighted by Crippen LogP contribution is 2.25. The summed E-state index contributed by atoms with van der Waals surface area (Å²) in [4.78, 5) is 47.0. The molecule has 8 heteroatoms. The molecule has 0 fully saturated rings. The van der Waals surface area contributed by atoms with Crippen LogP contribution in [0.4, 0.5) is 5.82 Å². The van der Waals surface area contributed by atoms with Gasteiger partial charge in [0.05, 0.1) is 23.5 Å². The number of aromatic nitrogens is 2. The van der Waals surface area contributed by atoms with Gasteiger partial charge in [-0.2, -0.15) is 0 Å². The van der Waals surface area contributed by atoms with Crippen molar-refractivity contribution in [1.82, 2.24) is 14.9 Å². The van der Waals surface area contributed by atoms with Gasteiger partial charge in [0.25, 0.3) is 11.8 Å². The largest absolute Gasteiger partial charge is 0.476 e. The number of hydrogen-bond donors (Lipinski definition) is 1. The van der Waals surface area contributed by atoms with E-state index in [0.29, 0.717) is 36.5 Å². The van der Waals surface area contributed by atoms with Crippen LogP contribution in [0, 0.1) is 0 Å². The summed E-state index contributed by atoms with van der Waals surface area (Å²) in [6.45, 7) is 1.71. The van der Waals surface area contributed by atoms with Gasteiger partial charge in [0.1, 0.15) is 5.82 Å². The molecule has 2 amide bonds. The molecule has 1 N–H and O–H groups in total. The Hall–Kier alpha value is -3.55. The van der Waals surface area contributed by atoms with Gasteiger partial charge in [0.15, 0.2) is 5.69 Å². The average molecular weight is 378 g/mol. The molecule has 28 heavy (non-hydrogen) atoms. The van der Waals surface area contributed by atoms with Crippen LogP contribution in [0.2, 0.25) is 0 Å². The Bertz CT molecular complexity index is 949. The van der Waals surface area contributed by atoms with Gasteiger partial charge in [-0.05, 0) is 25.0 Å². The third kappa shape index (κ3) is 3.24. The zero-order chi connectivity index (χ0) is 19.7. The molecule has 1 aromatic carbocycles. The van der Waals surface area contributed by atoms with E-state index in [1.54, 1.807) is 24.3 Å². The van der Waals surface area contributed by atoms with Crippen molar-refractivity contribution >= 4 is 23.6 Å². The van der Waals surface area contributed by atoms with E-state index in [0.717, 1.165) is 13.0 Å². The number of aromatic carboxylic acids is 1. The van der Waals surface area contributed by atoms with Gasteiger partial charge in [-0.25, -0.2) is 14.8 Å². The number of imide groups is 1. The van der Waals surface area contributed by atoms with Crippen molar-refractivity contribution in [2.75, 3.05) is 24.5 Å². The van der Waals surface area contributed by atoms with E-state index in [-0.39, 0.29) is 17.5 Å². The number of anilines is 1. The first kappa shape index (κ1) is 17.8. The van der Waals surface area contributed by atoms with Crippen molar-refractivity contribution in [3.63, 3.8) is 0 Å². The molecule has 2 aliphatic heterocycles. The van der Waals surface area contributed by atoms with Crippen molar-refractivity contribution in [3.8, 4) is 0 Å². The first-order valence-corrected chi connectivity index (χ1v) is 8.98. The summed E-state index contributed by atoms with van der Waals surface area (Å²) in [6, 6.07) is 6.89. The van der Waals surface area contributed by atoms with Crippen molar-refractivity contribution in [1.29, 1.82) is 0 Å². The predicted octanol–water partition coefficient (Wildman–Crippen LogP) is 2.00. The fraction of sp³-hybridized carbons (Fsp3) is 0.250. The summed E-state index contributed by atoms with van der Waals surface area (Å²) in [5.74, 6) is -0.937. The van der Waals surface area contributed by atoms with E-state index >= 15 is 0 Å². The van der Waals surface area contributed by atoms with Gasteiger partial charge in [-0.1, -0.05) is 23.8 Å². The molecule has 0 atom stereocenters. The predicted molar refractivity (Wildman–Crippen MR) is 100 cm³/mol. The third-order valence-electron chi connectivity index (χ3n) is 5.02. The lowest BCUT2D eigenvalue weighted by Crippen LogP contribution is -2.33. The molecule has 8 nitrogen and oxygen atoms in total. The van der Waals surface area contributed by atoms with Crippen molar-refractivity contribution in [3.05, 3.63) is 65.1 Å². The Morgan fingerprint density at radius 1 is 1.07 bits per heavy atom. The number of nitrogens with zero attached hydrogens (tertiary/aromatic N) is 4. The highest BCUT2D eigenvalue weighted by Gasteiger charge is 2.34. The lowest BCUT2D eigenvalue weighted by molar-refractivity contribution is 0.0651. The first-order valence-electron chi connectivity index (χ1n) is 8.98. The lowest BCUT2D eigenvalue weighted by Gasteiger charge is -2.27. The Morgan fingerprint density at radius 3 is 2.32 bits per heavy atom. The van der Waals surface area contributed by atoms with Crippen LogP contribution < -0.4 is 4.90 Å². The molecule has 2 aromatic rings. The summed E-state index contributed by atoms with van der Waals surface area (Å²) in [5, 5.41) is 8.89. The molecule has 2 aliphatic rings. The van der Waals surface area contributed by atoms with Crippen LogP contribution in [0.1, 0.15) is 44.0 Å². The van der Waals surface area contributed by atoms with E-state index in [1.807, 2.05) is 4.90 Å². The van der Waals surface area contributed by atoms with Crippen LogP contribution in [-0.2, 0) is 0 Å². The average Bonchev–Trinajstić information content (AvgIpc) is 2.97. The van der Waals surface area contributed by atoms with E-state index < -0.39 is 5.97 Å². The maximum absolute atomic E-state index is 12.4. The Morgan fingerprint density at radius 2 is 1.79 bits per heavy atom. The van der Waals surface area contributed by atoms with Crippen LogP contribution in [-0.4, -0.2) is 57.4 Å². The number of carboxylic acids is 1. The molecule has 1 aromatic heterocycles. The second-order valence-corrected chi connectivity index (χ2v) is 6.68. The highest BCUT2D eigenvalue weighted by molar-refractivity contribution is 6.21. The van der Waals surface area contributed by atoms with E-state index in [4.69, 9.17) is 5.11 Å². The molecule has 142 valence electrons. The van der Waals surface area contributed by atoms with Gasteiger partial charge < -0.3 is 10.0 Å². The summed E-state index contributed by atoms with van der Waals surface area (Å²) >= 11 is 0. The standard InChI is InChI=1S/C20H18N4O4/c25-18-14-3-1-2-4-15(14)19(26)24(18)10-7-13-5-8-23(9-6-13)17-12-21-16(11-22-17)20(27)28/h1-5,11-12H,6-10H2,(H,27,28).